The average Bonchev–Trinajstić information content (AvgIpc) is 2.42. The minimum absolute atomic E-state index is 0.0852. The van der Waals surface area contributed by atoms with Crippen molar-refractivity contribution >= 4 is 27.3 Å². The van der Waals surface area contributed by atoms with Crippen molar-refractivity contribution in [1.82, 2.24) is 5.32 Å². The van der Waals surface area contributed by atoms with Crippen LogP contribution >= 0.6 is 15.9 Å². The molecule has 20 heavy (non-hydrogen) atoms. The highest BCUT2D eigenvalue weighted by Gasteiger charge is 2.17. The Labute approximate surface area is 126 Å². The lowest BCUT2D eigenvalue weighted by Gasteiger charge is -2.27. The highest BCUT2D eigenvalue weighted by Crippen LogP contribution is 2.28. The summed E-state index contributed by atoms with van der Waals surface area (Å²) in [6, 6.07) is 5.23. The van der Waals surface area contributed by atoms with Crippen LogP contribution in [0.25, 0.3) is 0 Å². The van der Waals surface area contributed by atoms with Gasteiger partial charge in [-0.1, -0.05) is 0 Å². The van der Waals surface area contributed by atoms with E-state index in [2.05, 4.69) is 33.5 Å². The highest BCUT2D eigenvalue weighted by atomic mass is 79.9. The van der Waals surface area contributed by atoms with Crippen molar-refractivity contribution < 1.29 is 9.66 Å². The molecule has 1 aromatic carbocycles. The summed E-state index contributed by atoms with van der Waals surface area (Å²) in [6.07, 6.45) is 0.898. The maximum Gasteiger partial charge on any atom is 0.271 e. The Morgan fingerprint density at radius 3 is 3.10 bits per heavy atom. The van der Waals surface area contributed by atoms with Gasteiger partial charge in [0.25, 0.3) is 5.69 Å². The smallest absolute Gasteiger partial charge is 0.271 e. The van der Waals surface area contributed by atoms with E-state index >= 15 is 0 Å². The lowest BCUT2D eigenvalue weighted by Crippen LogP contribution is -2.43. The molecule has 0 amide bonds. The minimum Gasteiger partial charge on any atom is -0.381 e. The zero-order valence-electron chi connectivity index (χ0n) is 11.3. The van der Waals surface area contributed by atoms with E-state index in [1.165, 1.54) is 6.07 Å². The van der Waals surface area contributed by atoms with Gasteiger partial charge in [0.05, 0.1) is 23.8 Å². The fraction of sp³-hybridized carbons (Fsp3) is 0.538. The van der Waals surface area contributed by atoms with Crippen LogP contribution in [0.5, 0.6) is 0 Å². The average molecular weight is 344 g/mol. The molecule has 0 aliphatic carbocycles. The van der Waals surface area contributed by atoms with Crippen LogP contribution in [-0.4, -0.2) is 36.8 Å². The molecule has 0 saturated carbocycles. The van der Waals surface area contributed by atoms with Crippen LogP contribution in [-0.2, 0) is 4.74 Å². The normalized spacial score (nSPS) is 20.4. The van der Waals surface area contributed by atoms with Gasteiger partial charge in [-0.2, -0.15) is 0 Å². The Morgan fingerprint density at radius 1 is 1.65 bits per heavy atom. The Morgan fingerprint density at radius 2 is 2.45 bits per heavy atom. The molecule has 2 atom stereocenters. The molecule has 0 aromatic heterocycles. The quantitative estimate of drug-likeness (QED) is 0.634. The summed E-state index contributed by atoms with van der Waals surface area (Å²) in [5.74, 6) is 0. The lowest BCUT2D eigenvalue weighted by atomic mass is 10.1. The summed E-state index contributed by atoms with van der Waals surface area (Å²) in [4.78, 5) is 10.4. The SMILES string of the molecule is CC(CC1COCCN1)Nc1cc([N+](=O)[O-])ccc1Br. The van der Waals surface area contributed by atoms with Crippen molar-refractivity contribution in [2.45, 2.75) is 25.4 Å². The zero-order valence-corrected chi connectivity index (χ0v) is 12.9. The predicted octanol–water partition coefficient (Wildman–Crippen LogP) is 2.54. The van der Waals surface area contributed by atoms with Gasteiger partial charge in [0.15, 0.2) is 0 Å². The number of nitrogens with zero attached hydrogens (tertiary/aromatic N) is 1. The second-order valence-electron chi connectivity index (χ2n) is 4.93. The molecule has 1 aliphatic heterocycles. The molecule has 6 nitrogen and oxygen atoms in total. The van der Waals surface area contributed by atoms with Crippen molar-refractivity contribution in [2.75, 3.05) is 25.1 Å². The monoisotopic (exact) mass is 343 g/mol. The van der Waals surface area contributed by atoms with Crippen LogP contribution in [0.3, 0.4) is 0 Å². The molecule has 2 rings (SSSR count). The topological polar surface area (TPSA) is 76.4 Å². The third-order valence-corrected chi connectivity index (χ3v) is 3.89. The van der Waals surface area contributed by atoms with E-state index in [0.29, 0.717) is 12.6 Å². The Balaban J connectivity index is 1.97. The number of nitro groups is 1. The van der Waals surface area contributed by atoms with Crippen LogP contribution in [0, 0.1) is 10.1 Å². The standard InChI is InChI=1S/C13H18BrN3O3/c1-9(6-10-8-20-5-4-15-10)16-13-7-11(17(18)19)2-3-12(13)14/h2-3,7,9-10,15-16H,4-6,8H2,1H3. The Hall–Kier alpha value is -1.18. The first-order valence-corrected chi connectivity index (χ1v) is 7.37. The van der Waals surface area contributed by atoms with Gasteiger partial charge in [-0.3, -0.25) is 10.1 Å². The molecule has 0 radical (unpaired) electrons. The second-order valence-corrected chi connectivity index (χ2v) is 5.78. The molecule has 0 spiro atoms. The van der Waals surface area contributed by atoms with Gasteiger partial charge in [-0.05, 0) is 35.3 Å². The highest BCUT2D eigenvalue weighted by molar-refractivity contribution is 9.10. The molecule has 1 aromatic rings. The summed E-state index contributed by atoms with van der Waals surface area (Å²) in [5.41, 5.74) is 0.824. The lowest BCUT2D eigenvalue weighted by molar-refractivity contribution is -0.384. The van der Waals surface area contributed by atoms with E-state index in [4.69, 9.17) is 4.74 Å². The van der Waals surface area contributed by atoms with E-state index < -0.39 is 4.92 Å². The molecule has 7 heteroatoms. The number of hydrogen-bond donors (Lipinski definition) is 2. The number of ether oxygens (including phenoxy) is 1. The van der Waals surface area contributed by atoms with Crippen molar-refractivity contribution in [2.24, 2.45) is 0 Å². The molecule has 110 valence electrons. The Bertz CT molecular complexity index is 478. The van der Waals surface area contributed by atoms with E-state index in [1.54, 1.807) is 12.1 Å². The van der Waals surface area contributed by atoms with Gasteiger partial charge >= 0.3 is 0 Å². The molecule has 1 saturated heterocycles. The van der Waals surface area contributed by atoms with E-state index in [9.17, 15) is 10.1 Å². The van der Waals surface area contributed by atoms with E-state index in [1.807, 2.05) is 0 Å². The van der Waals surface area contributed by atoms with Crippen molar-refractivity contribution in [1.29, 1.82) is 0 Å². The molecule has 2 unspecified atom stereocenters. The number of non-ortho nitro benzene ring substituents is 1. The number of rotatable bonds is 5. The predicted molar refractivity (Wildman–Crippen MR) is 81.1 cm³/mol. The molecule has 1 aliphatic rings. The van der Waals surface area contributed by atoms with E-state index in [-0.39, 0.29) is 11.7 Å². The first kappa shape index (κ1) is 15.2. The van der Waals surface area contributed by atoms with Crippen LogP contribution in [0.2, 0.25) is 0 Å². The van der Waals surface area contributed by atoms with Crippen LogP contribution in [0.1, 0.15) is 13.3 Å². The number of hydrogen-bond acceptors (Lipinski definition) is 5. The number of anilines is 1. The molecule has 0 bridgehead atoms. The minimum atomic E-state index is -0.390. The molecule has 1 fully saturated rings. The first-order chi connectivity index (χ1) is 9.56. The molecule has 1 heterocycles. The maximum atomic E-state index is 10.8. The summed E-state index contributed by atoms with van der Waals surface area (Å²) >= 11 is 3.41. The van der Waals surface area contributed by atoms with Crippen molar-refractivity contribution in [3.05, 3.63) is 32.8 Å². The van der Waals surface area contributed by atoms with Crippen LogP contribution < -0.4 is 10.6 Å². The summed E-state index contributed by atoms with van der Waals surface area (Å²) in [6.45, 7) is 4.40. The zero-order chi connectivity index (χ0) is 14.5. The first-order valence-electron chi connectivity index (χ1n) is 6.58. The molecular weight excluding hydrogens is 326 g/mol. The summed E-state index contributed by atoms with van der Waals surface area (Å²) in [7, 11) is 0. The van der Waals surface area contributed by atoms with Gasteiger partial charge in [-0.25, -0.2) is 0 Å². The maximum absolute atomic E-state index is 10.8. The number of nitrogens with one attached hydrogen (secondary N) is 2. The number of nitro benzene ring substituents is 1. The fourth-order valence-corrected chi connectivity index (χ4v) is 2.62. The van der Waals surface area contributed by atoms with Crippen molar-refractivity contribution in [3.63, 3.8) is 0 Å². The van der Waals surface area contributed by atoms with Crippen LogP contribution in [0.4, 0.5) is 11.4 Å². The van der Waals surface area contributed by atoms with Crippen molar-refractivity contribution in [3.8, 4) is 0 Å². The molecule has 2 N–H and O–H groups in total. The molecular formula is C13H18BrN3O3. The van der Waals surface area contributed by atoms with E-state index in [0.717, 1.165) is 29.7 Å². The van der Waals surface area contributed by atoms with Gasteiger partial charge in [-0.15, -0.1) is 0 Å². The number of morpholine rings is 1. The third kappa shape index (κ3) is 4.16. The summed E-state index contributed by atoms with van der Waals surface area (Å²) in [5, 5.41) is 17.5. The number of benzene rings is 1. The van der Waals surface area contributed by atoms with Gasteiger partial charge < -0.3 is 15.4 Å². The van der Waals surface area contributed by atoms with Gasteiger partial charge in [0.1, 0.15) is 0 Å². The fourth-order valence-electron chi connectivity index (χ4n) is 2.26. The van der Waals surface area contributed by atoms with Gasteiger partial charge in [0, 0.05) is 35.2 Å². The number of halogens is 1. The summed E-state index contributed by atoms with van der Waals surface area (Å²) < 4.78 is 6.24. The van der Waals surface area contributed by atoms with Crippen LogP contribution in [0.15, 0.2) is 22.7 Å². The second kappa shape index (κ2) is 7.01. The third-order valence-electron chi connectivity index (χ3n) is 3.20. The largest absolute Gasteiger partial charge is 0.381 e. The van der Waals surface area contributed by atoms with Gasteiger partial charge in [0.2, 0.25) is 0 Å². The Kier molecular flexibility index (Phi) is 5.33.